The summed E-state index contributed by atoms with van der Waals surface area (Å²) in [5, 5.41) is 11.3. The minimum atomic E-state index is -4.50. The molecule has 11 heteroatoms. The number of anilines is 1. The van der Waals surface area contributed by atoms with Crippen molar-refractivity contribution in [1.29, 1.82) is 0 Å². The lowest BCUT2D eigenvalue weighted by Crippen LogP contribution is -2.36. The van der Waals surface area contributed by atoms with Gasteiger partial charge < -0.3 is 10.2 Å². The van der Waals surface area contributed by atoms with Crippen molar-refractivity contribution >= 4 is 27.7 Å². The lowest BCUT2D eigenvalue weighted by molar-refractivity contribution is -0.173. The van der Waals surface area contributed by atoms with Crippen LogP contribution in [0, 0.1) is 6.92 Å². The van der Waals surface area contributed by atoms with Gasteiger partial charge in [0.25, 0.3) is 5.91 Å². The Labute approximate surface area is 191 Å². The van der Waals surface area contributed by atoms with Gasteiger partial charge >= 0.3 is 6.18 Å². The minimum absolute atomic E-state index is 0.0752. The Bertz CT molecular complexity index is 1140. The fourth-order valence-corrected chi connectivity index (χ4v) is 4.23. The maximum atomic E-state index is 13.9. The summed E-state index contributed by atoms with van der Waals surface area (Å²) in [6, 6.07) is 4.64. The third-order valence-corrected chi connectivity index (χ3v) is 6.14. The standard InChI is InChI=1S/C21H22BrF3N6O/c1-12-14(11-30(3)28-12)10-29(2)20(32)16-9-26-31-18(21(23,24)25)8-17(27-19(16)31)13-4-6-15(22)7-5-13/h4-7,9,11,17-18,27H,8,10H2,1-3H3/t17-,18-/m0/s1. The Morgan fingerprint density at radius 3 is 2.59 bits per heavy atom. The molecular weight excluding hydrogens is 489 g/mol. The van der Waals surface area contributed by atoms with E-state index in [0.29, 0.717) is 5.56 Å². The Morgan fingerprint density at radius 1 is 1.31 bits per heavy atom. The predicted molar refractivity (Wildman–Crippen MR) is 116 cm³/mol. The molecule has 3 aromatic rings. The summed E-state index contributed by atoms with van der Waals surface area (Å²) < 4.78 is 45.0. The number of halogens is 4. The highest BCUT2D eigenvalue weighted by Crippen LogP contribution is 2.44. The summed E-state index contributed by atoms with van der Waals surface area (Å²) in [6.45, 7) is 2.12. The first kappa shape index (κ1) is 22.4. The van der Waals surface area contributed by atoms with E-state index in [4.69, 9.17) is 0 Å². The number of hydrogen-bond acceptors (Lipinski definition) is 4. The van der Waals surface area contributed by atoms with Gasteiger partial charge in [-0.05, 0) is 24.6 Å². The van der Waals surface area contributed by atoms with E-state index in [-0.39, 0.29) is 24.3 Å². The van der Waals surface area contributed by atoms with Crippen LogP contribution < -0.4 is 5.32 Å². The molecule has 0 spiro atoms. The topological polar surface area (TPSA) is 68.0 Å². The molecule has 170 valence electrons. The highest BCUT2D eigenvalue weighted by molar-refractivity contribution is 9.10. The van der Waals surface area contributed by atoms with E-state index >= 15 is 0 Å². The summed E-state index contributed by atoms with van der Waals surface area (Å²) in [7, 11) is 3.39. The Balaban J connectivity index is 1.66. The number of nitrogens with one attached hydrogen (secondary N) is 1. The van der Waals surface area contributed by atoms with Crippen LogP contribution in [0.25, 0.3) is 0 Å². The van der Waals surface area contributed by atoms with Crippen molar-refractivity contribution in [3.8, 4) is 0 Å². The van der Waals surface area contributed by atoms with Gasteiger partial charge in [0, 0.05) is 43.3 Å². The number of fused-ring (bicyclic) bond motifs is 1. The van der Waals surface area contributed by atoms with Gasteiger partial charge in [-0.3, -0.25) is 9.48 Å². The molecule has 4 rings (SSSR count). The van der Waals surface area contributed by atoms with Crippen LogP contribution in [0.3, 0.4) is 0 Å². The molecule has 0 bridgehead atoms. The molecule has 7 nitrogen and oxygen atoms in total. The smallest absolute Gasteiger partial charge is 0.363 e. The number of benzene rings is 1. The molecule has 1 amide bonds. The van der Waals surface area contributed by atoms with Crippen molar-refractivity contribution in [2.24, 2.45) is 7.05 Å². The molecule has 2 aromatic heterocycles. The molecule has 1 aliphatic heterocycles. The van der Waals surface area contributed by atoms with Crippen molar-refractivity contribution in [3.63, 3.8) is 0 Å². The van der Waals surface area contributed by atoms with Crippen LogP contribution >= 0.6 is 15.9 Å². The monoisotopic (exact) mass is 510 g/mol. The maximum Gasteiger partial charge on any atom is 0.410 e. The predicted octanol–water partition coefficient (Wildman–Crippen LogP) is 4.62. The van der Waals surface area contributed by atoms with E-state index in [1.807, 2.05) is 13.1 Å². The molecule has 0 saturated heterocycles. The lowest BCUT2D eigenvalue weighted by atomic mass is 9.96. The molecule has 3 heterocycles. The first-order chi connectivity index (χ1) is 15.0. The van der Waals surface area contributed by atoms with Crippen LogP contribution in [-0.4, -0.2) is 43.6 Å². The van der Waals surface area contributed by atoms with Crippen molar-refractivity contribution in [1.82, 2.24) is 24.5 Å². The highest BCUT2D eigenvalue weighted by Gasteiger charge is 2.47. The molecule has 0 saturated carbocycles. The molecule has 1 aromatic carbocycles. The average molecular weight is 511 g/mol. The number of carbonyl (C=O) groups is 1. The quantitative estimate of drug-likeness (QED) is 0.556. The number of hydrogen-bond donors (Lipinski definition) is 1. The largest absolute Gasteiger partial charge is 0.410 e. The highest BCUT2D eigenvalue weighted by atomic mass is 79.9. The number of amides is 1. The molecule has 32 heavy (non-hydrogen) atoms. The zero-order chi connectivity index (χ0) is 23.2. The Kier molecular flexibility index (Phi) is 5.78. The van der Waals surface area contributed by atoms with Gasteiger partial charge in [0.2, 0.25) is 0 Å². The number of carbonyl (C=O) groups excluding carboxylic acids is 1. The van der Waals surface area contributed by atoms with E-state index in [1.54, 1.807) is 43.0 Å². The van der Waals surface area contributed by atoms with E-state index in [1.165, 1.54) is 11.1 Å². The molecule has 2 atom stereocenters. The zero-order valence-electron chi connectivity index (χ0n) is 17.7. The Morgan fingerprint density at radius 2 is 2.00 bits per heavy atom. The molecule has 0 aliphatic carbocycles. The number of rotatable bonds is 4. The van der Waals surface area contributed by atoms with E-state index in [2.05, 4.69) is 31.4 Å². The lowest BCUT2D eigenvalue weighted by Gasteiger charge is -2.34. The number of alkyl halides is 3. The zero-order valence-corrected chi connectivity index (χ0v) is 19.3. The summed E-state index contributed by atoms with van der Waals surface area (Å²) in [5.74, 6) is -0.342. The van der Waals surface area contributed by atoms with E-state index in [9.17, 15) is 18.0 Å². The number of aryl methyl sites for hydroxylation is 2. The summed E-state index contributed by atoms with van der Waals surface area (Å²) in [6.07, 6.45) is -1.71. The van der Waals surface area contributed by atoms with Crippen LogP contribution in [0.4, 0.5) is 19.0 Å². The minimum Gasteiger partial charge on any atom is -0.363 e. The van der Waals surface area contributed by atoms with Gasteiger partial charge in [0.1, 0.15) is 11.4 Å². The Hall–Kier alpha value is -2.82. The van der Waals surface area contributed by atoms with E-state index in [0.717, 1.165) is 20.4 Å². The first-order valence-corrected chi connectivity index (χ1v) is 10.7. The van der Waals surface area contributed by atoms with Gasteiger partial charge in [0.15, 0.2) is 6.04 Å². The van der Waals surface area contributed by atoms with E-state index < -0.39 is 24.2 Å². The number of nitrogens with zero attached hydrogens (tertiary/aromatic N) is 5. The summed E-state index contributed by atoms with van der Waals surface area (Å²) in [4.78, 5) is 14.6. The normalized spacial score (nSPS) is 18.2. The van der Waals surface area contributed by atoms with Crippen LogP contribution in [0.2, 0.25) is 0 Å². The molecule has 1 aliphatic rings. The molecule has 0 radical (unpaired) electrons. The second-order valence-corrected chi connectivity index (χ2v) is 8.88. The van der Waals surface area contributed by atoms with Crippen molar-refractivity contribution in [3.05, 3.63) is 63.5 Å². The second kappa shape index (κ2) is 8.27. The fraction of sp³-hybridized carbons (Fsp3) is 0.381. The molecule has 1 N–H and O–H groups in total. The van der Waals surface area contributed by atoms with Crippen LogP contribution in [0.5, 0.6) is 0 Å². The van der Waals surface area contributed by atoms with Crippen molar-refractivity contribution in [2.75, 3.05) is 12.4 Å². The van der Waals surface area contributed by atoms with Gasteiger partial charge in [-0.1, -0.05) is 28.1 Å². The third kappa shape index (κ3) is 4.25. The van der Waals surface area contributed by atoms with Gasteiger partial charge in [-0.15, -0.1) is 0 Å². The van der Waals surface area contributed by atoms with Gasteiger partial charge in [-0.2, -0.15) is 23.4 Å². The fourth-order valence-electron chi connectivity index (χ4n) is 3.97. The average Bonchev–Trinajstić information content (AvgIpc) is 3.28. The van der Waals surface area contributed by atoms with Crippen molar-refractivity contribution in [2.45, 2.75) is 38.1 Å². The van der Waals surface area contributed by atoms with Gasteiger partial charge in [-0.25, -0.2) is 4.68 Å². The molecular formula is C21H22BrF3N6O. The third-order valence-electron chi connectivity index (χ3n) is 5.61. The number of aromatic nitrogens is 4. The first-order valence-electron chi connectivity index (χ1n) is 9.95. The maximum absolute atomic E-state index is 13.9. The summed E-state index contributed by atoms with van der Waals surface area (Å²) in [5.41, 5.74) is 2.45. The van der Waals surface area contributed by atoms with Crippen molar-refractivity contribution < 1.29 is 18.0 Å². The summed E-state index contributed by atoms with van der Waals surface area (Å²) >= 11 is 3.34. The van der Waals surface area contributed by atoms with Crippen LogP contribution in [0.15, 0.2) is 41.1 Å². The SMILES string of the molecule is Cc1nn(C)cc1CN(C)C(=O)c1cnn2c1N[C@H](c1ccc(Br)cc1)C[C@H]2C(F)(F)F. The van der Waals surface area contributed by atoms with Crippen LogP contribution in [0.1, 0.15) is 45.7 Å². The van der Waals surface area contributed by atoms with Crippen LogP contribution in [-0.2, 0) is 13.6 Å². The molecule has 0 unspecified atom stereocenters. The molecule has 0 fully saturated rings. The second-order valence-electron chi connectivity index (χ2n) is 7.97. The van der Waals surface area contributed by atoms with Gasteiger partial charge in [0.05, 0.1) is 17.9 Å².